The van der Waals surface area contributed by atoms with Crippen molar-refractivity contribution in [3.05, 3.63) is 0 Å². The summed E-state index contributed by atoms with van der Waals surface area (Å²) in [6.07, 6.45) is -0.145. The molecule has 0 amide bonds. The van der Waals surface area contributed by atoms with Gasteiger partial charge in [0.15, 0.2) is 0 Å². The third-order valence-corrected chi connectivity index (χ3v) is 2.62. The highest BCUT2D eigenvalue weighted by molar-refractivity contribution is 4.62. The Labute approximate surface area is 103 Å². The Hall–Kier alpha value is -0.290. The Kier molecular flexibility index (Phi) is 8.60. The van der Waals surface area contributed by atoms with Crippen molar-refractivity contribution in [2.75, 3.05) is 26.7 Å². The van der Waals surface area contributed by atoms with Crippen LogP contribution >= 0.6 is 0 Å². The van der Waals surface area contributed by atoms with E-state index in [1.807, 2.05) is 0 Å². The molecule has 1 atom stereocenters. The normalized spacial score (nSPS) is 14.3. The van der Waals surface area contributed by atoms with E-state index in [0.29, 0.717) is 12.6 Å². The molecule has 0 spiro atoms. The third-order valence-electron chi connectivity index (χ3n) is 2.62. The van der Waals surface area contributed by atoms with E-state index in [4.69, 9.17) is 0 Å². The maximum Gasteiger partial charge on any atom is 0.401 e. The van der Waals surface area contributed by atoms with Crippen molar-refractivity contribution in [3.63, 3.8) is 0 Å². The molecule has 1 N–H and O–H groups in total. The Morgan fingerprint density at radius 2 is 1.88 bits per heavy atom. The number of rotatable bonds is 9. The SMILES string of the molecule is CCCNC(C)CCCCN(C)CC(F)(F)F. The first-order chi connectivity index (χ1) is 7.85. The Bertz CT molecular complexity index is 183. The minimum absolute atomic E-state index is 0.461. The fourth-order valence-corrected chi connectivity index (χ4v) is 1.71. The van der Waals surface area contributed by atoms with Gasteiger partial charge >= 0.3 is 6.18 Å². The summed E-state index contributed by atoms with van der Waals surface area (Å²) in [5.41, 5.74) is 0. The molecule has 0 aliphatic heterocycles. The molecule has 0 aromatic heterocycles. The molecule has 5 heteroatoms. The summed E-state index contributed by atoms with van der Waals surface area (Å²) in [4.78, 5) is 1.34. The van der Waals surface area contributed by atoms with Crippen LogP contribution in [-0.4, -0.2) is 43.8 Å². The van der Waals surface area contributed by atoms with E-state index in [-0.39, 0.29) is 0 Å². The number of hydrogen-bond donors (Lipinski definition) is 1. The standard InChI is InChI=1S/C12H25F3N2/c1-4-8-16-11(2)7-5-6-9-17(3)10-12(13,14)15/h11,16H,4-10H2,1-3H3. The molecule has 0 radical (unpaired) electrons. The highest BCUT2D eigenvalue weighted by atomic mass is 19.4. The molecule has 0 saturated carbocycles. The average molecular weight is 254 g/mol. The Morgan fingerprint density at radius 3 is 2.41 bits per heavy atom. The average Bonchev–Trinajstić information content (AvgIpc) is 2.19. The molecule has 2 nitrogen and oxygen atoms in total. The van der Waals surface area contributed by atoms with Crippen LogP contribution in [0.15, 0.2) is 0 Å². The van der Waals surface area contributed by atoms with Gasteiger partial charge in [-0.1, -0.05) is 13.3 Å². The van der Waals surface area contributed by atoms with E-state index >= 15 is 0 Å². The van der Waals surface area contributed by atoms with Crippen molar-refractivity contribution in [1.29, 1.82) is 0 Å². The lowest BCUT2D eigenvalue weighted by Crippen LogP contribution is -2.32. The van der Waals surface area contributed by atoms with Crippen molar-refractivity contribution in [2.45, 2.75) is 51.7 Å². The van der Waals surface area contributed by atoms with E-state index in [1.54, 1.807) is 0 Å². The molecule has 0 aromatic rings. The molecule has 0 bridgehead atoms. The van der Waals surface area contributed by atoms with Gasteiger partial charge in [0.25, 0.3) is 0 Å². The van der Waals surface area contributed by atoms with E-state index in [2.05, 4.69) is 19.2 Å². The number of hydrogen-bond acceptors (Lipinski definition) is 2. The first kappa shape index (κ1) is 16.7. The largest absolute Gasteiger partial charge is 0.401 e. The Morgan fingerprint density at radius 1 is 1.24 bits per heavy atom. The lowest BCUT2D eigenvalue weighted by atomic mass is 10.1. The predicted octanol–water partition coefficient (Wildman–Crippen LogP) is 3.04. The smallest absolute Gasteiger partial charge is 0.314 e. The quantitative estimate of drug-likeness (QED) is 0.636. The van der Waals surface area contributed by atoms with Crippen molar-refractivity contribution >= 4 is 0 Å². The van der Waals surface area contributed by atoms with Crippen molar-refractivity contribution < 1.29 is 13.2 Å². The van der Waals surface area contributed by atoms with Gasteiger partial charge in [0.05, 0.1) is 6.54 Å². The lowest BCUT2D eigenvalue weighted by Gasteiger charge is -2.19. The molecular formula is C12H25F3N2. The molecule has 17 heavy (non-hydrogen) atoms. The summed E-state index contributed by atoms with van der Waals surface area (Å²) in [5.74, 6) is 0. The van der Waals surface area contributed by atoms with E-state index in [9.17, 15) is 13.2 Å². The van der Waals surface area contributed by atoms with Gasteiger partial charge in [-0.3, -0.25) is 4.90 Å². The van der Waals surface area contributed by atoms with Crippen LogP contribution in [0.2, 0.25) is 0 Å². The summed E-state index contributed by atoms with van der Waals surface area (Å²) in [6.45, 7) is 4.95. The molecule has 0 aliphatic carbocycles. The molecule has 104 valence electrons. The van der Waals surface area contributed by atoms with E-state index < -0.39 is 12.7 Å². The van der Waals surface area contributed by atoms with Crippen molar-refractivity contribution in [3.8, 4) is 0 Å². The van der Waals surface area contributed by atoms with Gasteiger partial charge in [-0.15, -0.1) is 0 Å². The minimum Gasteiger partial charge on any atom is -0.314 e. The number of nitrogens with zero attached hydrogens (tertiary/aromatic N) is 1. The highest BCUT2D eigenvalue weighted by Gasteiger charge is 2.28. The van der Waals surface area contributed by atoms with Gasteiger partial charge in [-0.25, -0.2) is 0 Å². The maximum atomic E-state index is 12.0. The van der Waals surface area contributed by atoms with Gasteiger partial charge in [0.2, 0.25) is 0 Å². The van der Waals surface area contributed by atoms with Gasteiger partial charge < -0.3 is 5.32 Å². The van der Waals surface area contributed by atoms with Crippen LogP contribution in [0.1, 0.15) is 39.5 Å². The number of alkyl halides is 3. The van der Waals surface area contributed by atoms with E-state index in [1.165, 1.54) is 11.9 Å². The fraction of sp³-hybridized carbons (Fsp3) is 1.00. The molecule has 0 aliphatic rings. The van der Waals surface area contributed by atoms with Crippen LogP contribution in [-0.2, 0) is 0 Å². The second-order valence-electron chi connectivity index (χ2n) is 4.70. The highest BCUT2D eigenvalue weighted by Crippen LogP contribution is 2.15. The molecule has 0 saturated heterocycles. The minimum atomic E-state index is -4.08. The van der Waals surface area contributed by atoms with Crippen LogP contribution in [0, 0.1) is 0 Å². The first-order valence-corrected chi connectivity index (χ1v) is 6.34. The van der Waals surface area contributed by atoms with Gasteiger partial charge in [0, 0.05) is 6.04 Å². The van der Waals surface area contributed by atoms with Crippen LogP contribution in [0.25, 0.3) is 0 Å². The zero-order valence-electron chi connectivity index (χ0n) is 11.1. The molecular weight excluding hydrogens is 229 g/mol. The van der Waals surface area contributed by atoms with Gasteiger partial charge in [-0.05, 0) is 46.3 Å². The van der Waals surface area contributed by atoms with E-state index in [0.717, 1.165) is 32.2 Å². The van der Waals surface area contributed by atoms with Crippen LogP contribution in [0.3, 0.4) is 0 Å². The van der Waals surface area contributed by atoms with Crippen LogP contribution in [0.4, 0.5) is 13.2 Å². The fourth-order valence-electron chi connectivity index (χ4n) is 1.71. The van der Waals surface area contributed by atoms with Crippen LogP contribution in [0.5, 0.6) is 0 Å². The third kappa shape index (κ3) is 12.0. The van der Waals surface area contributed by atoms with Crippen LogP contribution < -0.4 is 5.32 Å². The lowest BCUT2D eigenvalue weighted by molar-refractivity contribution is -0.143. The number of halogens is 3. The number of unbranched alkanes of at least 4 members (excludes halogenated alkanes) is 1. The summed E-state index contributed by atoms with van der Waals surface area (Å²) in [7, 11) is 1.52. The molecule has 0 rings (SSSR count). The maximum absolute atomic E-state index is 12.0. The van der Waals surface area contributed by atoms with Crippen molar-refractivity contribution in [1.82, 2.24) is 10.2 Å². The summed E-state index contributed by atoms with van der Waals surface area (Å²) in [6, 6.07) is 0.461. The molecule has 0 aromatic carbocycles. The molecule has 1 unspecified atom stereocenters. The number of nitrogens with one attached hydrogen (secondary N) is 1. The van der Waals surface area contributed by atoms with Gasteiger partial charge in [-0.2, -0.15) is 13.2 Å². The molecule has 0 fully saturated rings. The van der Waals surface area contributed by atoms with Gasteiger partial charge in [0.1, 0.15) is 0 Å². The summed E-state index contributed by atoms with van der Waals surface area (Å²) in [5, 5.41) is 3.37. The monoisotopic (exact) mass is 254 g/mol. The Balaban J connectivity index is 3.44. The zero-order valence-corrected chi connectivity index (χ0v) is 11.1. The molecule has 0 heterocycles. The van der Waals surface area contributed by atoms with Crippen molar-refractivity contribution in [2.24, 2.45) is 0 Å². The topological polar surface area (TPSA) is 15.3 Å². The second kappa shape index (κ2) is 8.75. The predicted molar refractivity (Wildman–Crippen MR) is 65.2 cm³/mol. The first-order valence-electron chi connectivity index (χ1n) is 6.34. The summed E-state index contributed by atoms with van der Waals surface area (Å²) >= 11 is 0. The second-order valence-corrected chi connectivity index (χ2v) is 4.70. The zero-order chi connectivity index (χ0) is 13.3. The summed E-state index contributed by atoms with van der Waals surface area (Å²) < 4.78 is 36.1.